The number of phenolic OH excluding ortho intramolecular Hbond substituents is 1. The van der Waals surface area contributed by atoms with Gasteiger partial charge in [0.1, 0.15) is 17.9 Å². The maximum atomic E-state index is 12.9. The predicted molar refractivity (Wildman–Crippen MR) is 150 cm³/mol. The number of carbonyl (C=O) groups excluding carboxylic acids is 3. The molecule has 1 aromatic carbocycles. The lowest BCUT2D eigenvalue weighted by Gasteiger charge is -2.23. The summed E-state index contributed by atoms with van der Waals surface area (Å²) in [4.78, 5) is 60.3. The molecular weight excluding hydrogens is 542 g/mol. The van der Waals surface area contributed by atoms with E-state index in [1.165, 1.54) is 31.9 Å². The zero-order valence-corrected chi connectivity index (χ0v) is 24.0. The van der Waals surface area contributed by atoms with E-state index in [0.29, 0.717) is 18.6 Å². The van der Waals surface area contributed by atoms with E-state index in [0.717, 1.165) is 24.8 Å². The smallest absolute Gasteiger partial charge is 0.325 e. The van der Waals surface area contributed by atoms with Gasteiger partial charge in [0.15, 0.2) is 11.5 Å². The third-order valence-corrected chi connectivity index (χ3v) is 7.51. The molecule has 1 rings (SSSR count). The van der Waals surface area contributed by atoms with Crippen LogP contribution in [0.2, 0.25) is 0 Å². The molecule has 0 fully saturated rings. The molecule has 0 aliphatic rings. The Hall–Kier alpha value is -3.32. The lowest BCUT2D eigenvalue weighted by molar-refractivity contribution is -0.142. The first-order valence-corrected chi connectivity index (χ1v) is 14.2. The fourth-order valence-corrected chi connectivity index (χ4v) is 5.07. The van der Waals surface area contributed by atoms with Crippen LogP contribution in [0.4, 0.5) is 0 Å². The fraction of sp³-hybridized carbons (Fsp3) is 0.593. The van der Waals surface area contributed by atoms with Crippen molar-refractivity contribution in [2.75, 3.05) is 12.9 Å². The Morgan fingerprint density at radius 1 is 1.05 bits per heavy atom. The molecule has 13 heteroatoms. The number of hydrogen-bond acceptors (Lipinski definition) is 9. The fourth-order valence-electron chi connectivity index (χ4n) is 3.73. The average molecular weight is 584 g/mol. The van der Waals surface area contributed by atoms with Gasteiger partial charge in [0, 0.05) is 23.8 Å². The highest BCUT2D eigenvalue weighted by Gasteiger charge is 2.28. The molecule has 0 heterocycles. The van der Waals surface area contributed by atoms with Gasteiger partial charge in [-0.2, -0.15) is 11.8 Å². The van der Waals surface area contributed by atoms with Crippen LogP contribution in [0.25, 0.3) is 0 Å². The molecule has 7 N–H and O–H groups in total. The number of aryl methyl sites for hydroxylation is 1. The van der Waals surface area contributed by atoms with Crippen molar-refractivity contribution in [3.8, 4) is 11.5 Å². The Morgan fingerprint density at radius 3 is 2.35 bits per heavy atom. The molecule has 0 aliphatic heterocycles. The molecule has 40 heavy (non-hydrogen) atoms. The van der Waals surface area contributed by atoms with Crippen molar-refractivity contribution in [3.05, 3.63) is 23.8 Å². The van der Waals surface area contributed by atoms with Gasteiger partial charge in [-0.3, -0.25) is 24.0 Å². The van der Waals surface area contributed by atoms with E-state index in [2.05, 4.69) is 17.6 Å². The number of benzene rings is 1. The van der Waals surface area contributed by atoms with E-state index < -0.39 is 48.3 Å². The van der Waals surface area contributed by atoms with Crippen molar-refractivity contribution in [1.82, 2.24) is 10.6 Å². The molecule has 0 spiro atoms. The SMILES string of the molecule is CCCCCC(CC(=O)CCc1ccc(O)c(OC)c1)SCC(NC(=O)C(N)CC(=O)O)C(=O)NC(C)C(=O)O. The first-order chi connectivity index (χ1) is 18.9. The Labute approximate surface area is 238 Å². The zero-order chi connectivity index (χ0) is 30.2. The number of ether oxygens (including phenoxy) is 1. The number of phenols is 1. The van der Waals surface area contributed by atoms with Gasteiger partial charge in [-0.15, -0.1) is 0 Å². The maximum absolute atomic E-state index is 12.9. The van der Waals surface area contributed by atoms with Gasteiger partial charge in [0.2, 0.25) is 11.8 Å². The van der Waals surface area contributed by atoms with Crippen LogP contribution in [0.15, 0.2) is 18.2 Å². The zero-order valence-electron chi connectivity index (χ0n) is 23.2. The Morgan fingerprint density at radius 2 is 1.75 bits per heavy atom. The lowest BCUT2D eigenvalue weighted by Crippen LogP contribution is -2.55. The highest BCUT2D eigenvalue weighted by molar-refractivity contribution is 8.00. The van der Waals surface area contributed by atoms with Crippen LogP contribution in [0.5, 0.6) is 11.5 Å². The van der Waals surface area contributed by atoms with Crippen LogP contribution in [0.1, 0.15) is 64.4 Å². The highest BCUT2D eigenvalue weighted by atomic mass is 32.2. The predicted octanol–water partition coefficient (Wildman–Crippen LogP) is 1.85. The van der Waals surface area contributed by atoms with Gasteiger partial charge >= 0.3 is 11.9 Å². The summed E-state index contributed by atoms with van der Waals surface area (Å²) < 4.78 is 5.11. The van der Waals surface area contributed by atoms with Crippen molar-refractivity contribution in [2.24, 2.45) is 5.73 Å². The highest BCUT2D eigenvalue weighted by Crippen LogP contribution is 2.27. The van der Waals surface area contributed by atoms with Crippen LogP contribution in [-0.4, -0.2) is 81.1 Å². The summed E-state index contributed by atoms with van der Waals surface area (Å²) in [5.41, 5.74) is 6.47. The summed E-state index contributed by atoms with van der Waals surface area (Å²) in [5, 5.41) is 32.4. The van der Waals surface area contributed by atoms with E-state index in [9.17, 15) is 29.1 Å². The number of methoxy groups -OCH3 is 1. The number of aliphatic carboxylic acids is 2. The number of rotatable bonds is 20. The van der Waals surface area contributed by atoms with Crippen LogP contribution >= 0.6 is 11.8 Å². The molecule has 0 saturated heterocycles. The number of hydrogen-bond donors (Lipinski definition) is 6. The normalized spacial score (nSPS) is 13.9. The Bertz CT molecular complexity index is 1020. The van der Waals surface area contributed by atoms with Crippen LogP contribution in [-0.2, 0) is 30.4 Å². The van der Waals surface area contributed by atoms with Gasteiger partial charge in [0.05, 0.1) is 19.6 Å². The standard InChI is InChI=1S/C27H41N3O9S/c1-4-5-6-7-19(13-18(31)10-8-17-9-11-22(32)23(12-17)39-3)40-15-21(26(36)29-16(2)27(37)38)30-25(35)20(28)14-24(33)34/h9,11-12,16,19-21,32H,4-8,10,13-15,28H2,1-3H3,(H,29,36)(H,30,35)(H,33,34)(H,37,38). The molecule has 0 radical (unpaired) electrons. The summed E-state index contributed by atoms with van der Waals surface area (Å²) in [6.45, 7) is 3.33. The van der Waals surface area contributed by atoms with E-state index in [1.54, 1.807) is 12.1 Å². The molecule has 0 saturated carbocycles. The number of ketones is 1. The summed E-state index contributed by atoms with van der Waals surface area (Å²) in [6.07, 6.45) is 3.80. The first kappa shape index (κ1) is 34.7. The number of nitrogens with two attached hydrogens (primary N) is 1. The van der Waals surface area contributed by atoms with Gasteiger partial charge < -0.3 is 36.4 Å². The number of Topliss-reactive ketones (excluding diaryl/α,β-unsaturated/α-hetero) is 1. The second-order valence-corrected chi connectivity index (χ2v) is 10.9. The summed E-state index contributed by atoms with van der Waals surface area (Å²) >= 11 is 1.32. The van der Waals surface area contributed by atoms with Gasteiger partial charge in [-0.25, -0.2) is 0 Å². The van der Waals surface area contributed by atoms with E-state index in [4.69, 9.17) is 20.7 Å². The number of nitrogens with one attached hydrogen (secondary N) is 2. The van der Waals surface area contributed by atoms with Crippen molar-refractivity contribution in [1.29, 1.82) is 0 Å². The monoisotopic (exact) mass is 583 g/mol. The third-order valence-electron chi connectivity index (χ3n) is 6.11. The van der Waals surface area contributed by atoms with E-state index in [-0.39, 0.29) is 35.4 Å². The quantitative estimate of drug-likeness (QED) is 0.122. The third kappa shape index (κ3) is 13.2. The summed E-state index contributed by atoms with van der Waals surface area (Å²) in [7, 11) is 1.44. The maximum Gasteiger partial charge on any atom is 0.325 e. The molecule has 2 amide bonds. The van der Waals surface area contributed by atoms with Gasteiger partial charge in [-0.1, -0.05) is 32.3 Å². The number of carboxylic acids is 2. The minimum absolute atomic E-state index is 0.00839. The molecular formula is C27H41N3O9S. The molecule has 0 bridgehead atoms. The second kappa shape index (κ2) is 18.1. The molecule has 4 unspecified atom stereocenters. The van der Waals surface area contributed by atoms with Gasteiger partial charge in [-0.05, 0) is 37.5 Å². The number of thioether (sulfide) groups is 1. The van der Waals surface area contributed by atoms with E-state index >= 15 is 0 Å². The van der Waals surface area contributed by atoms with Crippen molar-refractivity contribution >= 4 is 41.3 Å². The van der Waals surface area contributed by atoms with Crippen molar-refractivity contribution < 1.29 is 44.0 Å². The number of amides is 2. The summed E-state index contributed by atoms with van der Waals surface area (Å²) in [5.74, 6) is -3.77. The lowest BCUT2D eigenvalue weighted by atomic mass is 10.0. The average Bonchev–Trinajstić information content (AvgIpc) is 2.89. The summed E-state index contributed by atoms with van der Waals surface area (Å²) in [6, 6.07) is 1.11. The Kier molecular flexibility index (Phi) is 15.7. The van der Waals surface area contributed by atoms with Crippen molar-refractivity contribution in [2.45, 2.75) is 88.6 Å². The number of carbonyl (C=O) groups is 5. The van der Waals surface area contributed by atoms with Crippen LogP contribution < -0.4 is 21.1 Å². The number of unbranched alkanes of at least 4 members (excludes halogenated alkanes) is 2. The largest absolute Gasteiger partial charge is 0.504 e. The molecule has 0 aromatic heterocycles. The molecule has 0 aliphatic carbocycles. The minimum atomic E-state index is -1.39. The number of carboxylic acid groups (broad SMARTS) is 2. The van der Waals surface area contributed by atoms with Gasteiger partial charge in [0.25, 0.3) is 0 Å². The molecule has 12 nitrogen and oxygen atoms in total. The minimum Gasteiger partial charge on any atom is -0.504 e. The van der Waals surface area contributed by atoms with Crippen LogP contribution in [0.3, 0.4) is 0 Å². The van der Waals surface area contributed by atoms with Crippen LogP contribution in [0, 0.1) is 0 Å². The molecule has 1 aromatic rings. The van der Waals surface area contributed by atoms with Crippen molar-refractivity contribution in [3.63, 3.8) is 0 Å². The number of aromatic hydroxyl groups is 1. The first-order valence-electron chi connectivity index (χ1n) is 13.2. The molecule has 224 valence electrons. The second-order valence-electron chi connectivity index (χ2n) is 9.53. The van der Waals surface area contributed by atoms with E-state index in [1.807, 2.05) is 0 Å². The topological polar surface area (TPSA) is 205 Å². The molecule has 4 atom stereocenters. The Balaban J connectivity index is 2.91.